The Balaban J connectivity index is 1.49. The molecule has 1 heterocycles. The molecule has 1 amide bonds. The van der Waals surface area contributed by atoms with Crippen molar-refractivity contribution in [2.75, 3.05) is 6.61 Å². The van der Waals surface area contributed by atoms with Crippen LogP contribution in [-0.4, -0.2) is 17.6 Å². The first-order chi connectivity index (χ1) is 14.0. The average molecular weight is 473 g/mol. The third-order valence-corrected chi connectivity index (χ3v) is 4.81. The molecule has 150 valence electrons. The molecule has 0 aliphatic heterocycles. The van der Waals surface area contributed by atoms with Gasteiger partial charge in [0.15, 0.2) is 5.11 Å². The van der Waals surface area contributed by atoms with Gasteiger partial charge in [0.25, 0.3) is 5.91 Å². The number of carbonyl (C=O) groups is 1. The van der Waals surface area contributed by atoms with Crippen LogP contribution in [-0.2, 0) is 6.54 Å². The lowest BCUT2D eigenvalue weighted by atomic mass is 10.2. The van der Waals surface area contributed by atoms with Crippen LogP contribution < -0.4 is 15.4 Å². The molecular formula is C22H21BrN2O3S. The van der Waals surface area contributed by atoms with Crippen molar-refractivity contribution in [1.29, 1.82) is 0 Å². The molecule has 0 spiro atoms. The zero-order chi connectivity index (χ0) is 20.6. The second-order valence-electron chi connectivity index (χ2n) is 6.28. The number of hydrogen-bond donors (Lipinski definition) is 2. The van der Waals surface area contributed by atoms with Crippen molar-refractivity contribution < 1.29 is 13.9 Å². The number of thiocarbonyl (C=S) groups is 1. The van der Waals surface area contributed by atoms with E-state index in [1.165, 1.54) is 0 Å². The van der Waals surface area contributed by atoms with Gasteiger partial charge < -0.3 is 14.5 Å². The Kier molecular flexibility index (Phi) is 7.43. The Hall–Kier alpha value is -2.64. The SMILES string of the molecule is CCCOc1ccc(C(=O)NC(=S)NCc2ccc(-c3ccc(Br)cc3)o2)cc1. The van der Waals surface area contributed by atoms with E-state index < -0.39 is 0 Å². The minimum absolute atomic E-state index is 0.239. The average Bonchev–Trinajstić information content (AvgIpc) is 3.20. The molecule has 2 aromatic carbocycles. The van der Waals surface area contributed by atoms with Crippen LogP contribution in [0.3, 0.4) is 0 Å². The first-order valence-corrected chi connectivity index (χ1v) is 10.4. The number of ether oxygens (including phenoxy) is 1. The number of furan rings is 1. The normalized spacial score (nSPS) is 10.4. The molecule has 1 aromatic heterocycles. The van der Waals surface area contributed by atoms with Gasteiger partial charge in [-0.05, 0) is 67.2 Å². The molecule has 0 aliphatic carbocycles. The van der Waals surface area contributed by atoms with Gasteiger partial charge >= 0.3 is 0 Å². The number of amides is 1. The van der Waals surface area contributed by atoms with Gasteiger partial charge in [0.1, 0.15) is 17.3 Å². The van der Waals surface area contributed by atoms with Crippen molar-refractivity contribution in [1.82, 2.24) is 10.6 Å². The van der Waals surface area contributed by atoms with E-state index in [4.69, 9.17) is 21.4 Å². The molecule has 0 fully saturated rings. The van der Waals surface area contributed by atoms with Crippen LogP contribution in [0.15, 0.2) is 69.6 Å². The first-order valence-electron chi connectivity index (χ1n) is 9.22. The van der Waals surface area contributed by atoms with Crippen LogP contribution in [0, 0.1) is 0 Å². The fraction of sp³-hybridized carbons (Fsp3) is 0.182. The van der Waals surface area contributed by atoms with E-state index in [2.05, 4.69) is 26.6 Å². The van der Waals surface area contributed by atoms with Crippen molar-refractivity contribution in [3.63, 3.8) is 0 Å². The molecule has 5 nitrogen and oxygen atoms in total. The maximum Gasteiger partial charge on any atom is 0.257 e. The van der Waals surface area contributed by atoms with Gasteiger partial charge in [-0.2, -0.15) is 0 Å². The summed E-state index contributed by atoms with van der Waals surface area (Å²) < 4.78 is 12.4. The summed E-state index contributed by atoms with van der Waals surface area (Å²) in [5.74, 6) is 1.95. The number of rotatable bonds is 7. The monoisotopic (exact) mass is 472 g/mol. The van der Waals surface area contributed by atoms with Gasteiger partial charge in [-0.25, -0.2) is 0 Å². The van der Waals surface area contributed by atoms with Gasteiger partial charge in [0, 0.05) is 15.6 Å². The van der Waals surface area contributed by atoms with Crippen LogP contribution >= 0.6 is 28.1 Å². The highest BCUT2D eigenvalue weighted by Crippen LogP contribution is 2.23. The number of halogens is 1. The topological polar surface area (TPSA) is 63.5 Å². The smallest absolute Gasteiger partial charge is 0.257 e. The molecule has 2 N–H and O–H groups in total. The second kappa shape index (κ2) is 10.2. The highest BCUT2D eigenvalue weighted by molar-refractivity contribution is 9.10. The van der Waals surface area contributed by atoms with Crippen LogP contribution in [0.1, 0.15) is 29.5 Å². The van der Waals surface area contributed by atoms with E-state index in [-0.39, 0.29) is 11.0 Å². The number of benzene rings is 2. The summed E-state index contributed by atoms with van der Waals surface area (Å²) in [5, 5.41) is 5.89. The van der Waals surface area contributed by atoms with Gasteiger partial charge in [-0.3, -0.25) is 10.1 Å². The maximum atomic E-state index is 12.3. The molecule has 0 aliphatic rings. The Labute approximate surface area is 183 Å². The van der Waals surface area contributed by atoms with Crippen LogP contribution in [0.25, 0.3) is 11.3 Å². The van der Waals surface area contributed by atoms with Crippen molar-refractivity contribution in [2.45, 2.75) is 19.9 Å². The van der Waals surface area contributed by atoms with E-state index in [9.17, 15) is 4.79 Å². The van der Waals surface area contributed by atoms with E-state index >= 15 is 0 Å². The molecule has 29 heavy (non-hydrogen) atoms. The van der Waals surface area contributed by atoms with Crippen LogP contribution in [0.4, 0.5) is 0 Å². The molecule has 3 aromatic rings. The Morgan fingerprint density at radius 1 is 1.07 bits per heavy atom. The highest BCUT2D eigenvalue weighted by Gasteiger charge is 2.09. The number of carbonyl (C=O) groups excluding carboxylic acids is 1. The largest absolute Gasteiger partial charge is 0.494 e. The summed E-state index contributed by atoms with van der Waals surface area (Å²) in [4.78, 5) is 12.3. The van der Waals surface area contributed by atoms with E-state index in [0.29, 0.717) is 18.7 Å². The molecule has 0 saturated carbocycles. The molecule has 0 unspecified atom stereocenters. The van der Waals surface area contributed by atoms with Gasteiger partial charge in [-0.15, -0.1) is 0 Å². The third kappa shape index (κ3) is 6.17. The summed E-state index contributed by atoms with van der Waals surface area (Å²) in [6.07, 6.45) is 0.933. The standard InChI is InChI=1S/C22H21BrN2O3S/c1-2-13-27-18-9-5-16(6-10-18)21(26)25-22(29)24-14-19-11-12-20(28-19)15-3-7-17(23)8-4-15/h3-12H,2,13-14H2,1H3,(H2,24,25,26,29). The van der Waals surface area contributed by atoms with Gasteiger partial charge in [-0.1, -0.05) is 35.0 Å². The molecule has 7 heteroatoms. The van der Waals surface area contributed by atoms with Crippen molar-refractivity contribution in [3.8, 4) is 17.1 Å². The van der Waals surface area contributed by atoms with Crippen LogP contribution in [0.2, 0.25) is 0 Å². The highest BCUT2D eigenvalue weighted by atomic mass is 79.9. The number of hydrogen-bond acceptors (Lipinski definition) is 4. The van der Waals surface area contributed by atoms with Crippen LogP contribution in [0.5, 0.6) is 5.75 Å². The fourth-order valence-electron chi connectivity index (χ4n) is 2.55. The lowest BCUT2D eigenvalue weighted by Gasteiger charge is -2.09. The predicted molar refractivity (Wildman–Crippen MR) is 121 cm³/mol. The lowest BCUT2D eigenvalue weighted by molar-refractivity contribution is 0.0976. The van der Waals surface area contributed by atoms with Gasteiger partial charge in [0.05, 0.1) is 13.2 Å². The van der Waals surface area contributed by atoms with Crippen molar-refractivity contribution in [2.24, 2.45) is 0 Å². The summed E-state index contributed by atoms with van der Waals surface area (Å²) in [5.41, 5.74) is 1.50. The molecule has 0 atom stereocenters. The van der Waals surface area contributed by atoms with Gasteiger partial charge in [0.2, 0.25) is 0 Å². The van der Waals surface area contributed by atoms with E-state index in [1.54, 1.807) is 24.3 Å². The molecule has 0 bridgehead atoms. The molecular weight excluding hydrogens is 452 g/mol. The first kappa shape index (κ1) is 21.1. The second-order valence-corrected chi connectivity index (χ2v) is 7.61. The minimum atomic E-state index is -0.278. The summed E-state index contributed by atoms with van der Waals surface area (Å²) in [6.45, 7) is 3.06. The minimum Gasteiger partial charge on any atom is -0.494 e. The van der Waals surface area contributed by atoms with E-state index in [0.717, 1.165) is 33.7 Å². The zero-order valence-electron chi connectivity index (χ0n) is 15.9. The Morgan fingerprint density at radius 2 is 1.79 bits per heavy atom. The van der Waals surface area contributed by atoms with Crippen molar-refractivity contribution in [3.05, 3.63) is 76.5 Å². The number of nitrogens with one attached hydrogen (secondary N) is 2. The lowest BCUT2D eigenvalue weighted by Crippen LogP contribution is -2.38. The third-order valence-electron chi connectivity index (χ3n) is 4.03. The summed E-state index contributed by atoms with van der Waals surface area (Å²) >= 11 is 8.63. The molecule has 0 saturated heterocycles. The van der Waals surface area contributed by atoms with Crippen molar-refractivity contribution >= 4 is 39.2 Å². The fourth-order valence-corrected chi connectivity index (χ4v) is 2.98. The summed E-state index contributed by atoms with van der Waals surface area (Å²) in [6, 6.07) is 18.6. The van der Waals surface area contributed by atoms with E-state index in [1.807, 2.05) is 43.3 Å². The Morgan fingerprint density at radius 3 is 2.48 bits per heavy atom. The maximum absolute atomic E-state index is 12.3. The zero-order valence-corrected chi connectivity index (χ0v) is 18.3. The quantitative estimate of drug-likeness (QED) is 0.456. The Bertz CT molecular complexity index is 968. The molecule has 3 rings (SSSR count). The summed E-state index contributed by atoms with van der Waals surface area (Å²) in [7, 11) is 0. The molecule has 0 radical (unpaired) electrons. The predicted octanol–water partition coefficient (Wildman–Crippen LogP) is 5.30.